The van der Waals surface area contributed by atoms with E-state index in [0.29, 0.717) is 11.3 Å². The van der Waals surface area contributed by atoms with E-state index >= 15 is 0 Å². The van der Waals surface area contributed by atoms with Crippen molar-refractivity contribution in [3.8, 4) is 0 Å². The van der Waals surface area contributed by atoms with E-state index in [1.165, 1.54) is 6.07 Å². The van der Waals surface area contributed by atoms with Crippen LogP contribution < -0.4 is 0 Å². The number of hydrogen-bond donors (Lipinski definition) is 1. The summed E-state index contributed by atoms with van der Waals surface area (Å²) >= 11 is 0. The summed E-state index contributed by atoms with van der Waals surface area (Å²) in [5.74, 6) is -0.995. The van der Waals surface area contributed by atoms with Gasteiger partial charge in [0.15, 0.2) is 0 Å². The molecule has 2 aromatic rings. The summed E-state index contributed by atoms with van der Waals surface area (Å²) in [6.07, 6.45) is 1.57. The summed E-state index contributed by atoms with van der Waals surface area (Å²) < 4.78 is 0. The Morgan fingerprint density at radius 1 is 1.12 bits per heavy atom. The van der Waals surface area contributed by atoms with E-state index in [-0.39, 0.29) is 5.56 Å². The first-order valence-corrected chi connectivity index (χ1v) is 5.13. The monoisotopic (exact) mass is 225 g/mol. The molecule has 0 radical (unpaired) electrons. The van der Waals surface area contributed by atoms with Gasteiger partial charge in [0.05, 0.1) is 11.3 Å². The molecule has 0 spiro atoms. The first-order chi connectivity index (χ1) is 8.20. The van der Waals surface area contributed by atoms with Crippen molar-refractivity contribution in [2.45, 2.75) is 0 Å². The second-order valence-corrected chi connectivity index (χ2v) is 3.55. The van der Waals surface area contributed by atoms with Gasteiger partial charge in [-0.25, -0.2) is 4.79 Å². The fraction of sp³-hybridized carbons (Fsp3) is 0. The van der Waals surface area contributed by atoms with Gasteiger partial charge in [-0.05, 0) is 17.7 Å². The SMILES string of the molecule is C=C(c1ccccc1)c1ncccc1C(=O)O. The van der Waals surface area contributed by atoms with Gasteiger partial charge in [0.25, 0.3) is 0 Å². The third-order valence-electron chi connectivity index (χ3n) is 2.45. The molecule has 0 atom stereocenters. The summed E-state index contributed by atoms with van der Waals surface area (Å²) in [5.41, 5.74) is 2.06. The van der Waals surface area contributed by atoms with E-state index in [4.69, 9.17) is 5.11 Å². The Balaban J connectivity index is 2.48. The average Bonchev–Trinajstić information content (AvgIpc) is 2.39. The van der Waals surface area contributed by atoms with Gasteiger partial charge in [0, 0.05) is 11.8 Å². The molecule has 0 aliphatic rings. The van der Waals surface area contributed by atoms with Gasteiger partial charge in [0.1, 0.15) is 0 Å². The molecule has 17 heavy (non-hydrogen) atoms. The fourth-order valence-electron chi connectivity index (χ4n) is 1.59. The Labute approximate surface area is 99.1 Å². The maximum absolute atomic E-state index is 11.1. The average molecular weight is 225 g/mol. The van der Waals surface area contributed by atoms with Crippen molar-refractivity contribution < 1.29 is 9.90 Å². The van der Waals surface area contributed by atoms with E-state index in [0.717, 1.165) is 5.56 Å². The molecule has 1 N–H and O–H groups in total. The zero-order valence-electron chi connectivity index (χ0n) is 9.13. The highest BCUT2D eigenvalue weighted by Gasteiger charge is 2.13. The van der Waals surface area contributed by atoms with E-state index in [9.17, 15) is 4.79 Å². The molecule has 0 fully saturated rings. The number of nitrogens with zero attached hydrogens (tertiary/aromatic N) is 1. The number of rotatable bonds is 3. The van der Waals surface area contributed by atoms with Crippen molar-refractivity contribution in [2.24, 2.45) is 0 Å². The normalized spacial score (nSPS) is 9.88. The molecule has 2 rings (SSSR count). The lowest BCUT2D eigenvalue weighted by Gasteiger charge is -2.07. The molecule has 1 aromatic heterocycles. The largest absolute Gasteiger partial charge is 0.478 e. The molecule has 3 heteroatoms. The lowest BCUT2D eigenvalue weighted by atomic mass is 10.0. The number of aromatic carboxylic acids is 1. The quantitative estimate of drug-likeness (QED) is 0.873. The third-order valence-corrected chi connectivity index (χ3v) is 2.45. The van der Waals surface area contributed by atoms with Crippen molar-refractivity contribution in [3.63, 3.8) is 0 Å². The topological polar surface area (TPSA) is 50.2 Å². The predicted octanol–water partition coefficient (Wildman–Crippen LogP) is 2.84. The molecule has 0 amide bonds. The van der Waals surface area contributed by atoms with Crippen LogP contribution in [0.1, 0.15) is 21.6 Å². The van der Waals surface area contributed by atoms with Crippen LogP contribution in [-0.4, -0.2) is 16.1 Å². The van der Waals surface area contributed by atoms with Gasteiger partial charge in [-0.2, -0.15) is 0 Å². The Hall–Kier alpha value is -2.42. The molecular formula is C14H11NO2. The molecule has 0 aliphatic carbocycles. The summed E-state index contributed by atoms with van der Waals surface area (Å²) in [4.78, 5) is 15.2. The highest BCUT2D eigenvalue weighted by molar-refractivity contribution is 5.95. The van der Waals surface area contributed by atoms with Gasteiger partial charge in [-0.1, -0.05) is 36.9 Å². The first-order valence-electron chi connectivity index (χ1n) is 5.13. The standard InChI is InChI=1S/C14H11NO2/c1-10(11-6-3-2-4-7-11)13-12(14(16)17)8-5-9-15-13/h2-9H,1H2,(H,16,17). The molecule has 1 aromatic carbocycles. The minimum absolute atomic E-state index is 0.168. The molecule has 3 nitrogen and oxygen atoms in total. The number of carbonyl (C=O) groups is 1. The van der Waals surface area contributed by atoms with E-state index in [1.807, 2.05) is 30.3 Å². The molecule has 0 unspecified atom stereocenters. The van der Waals surface area contributed by atoms with Crippen molar-refractivity contribution in [1.29, 1.82) is 0 Å². The Morgan fingerprint density at radius 2 is 1.82 bits per heavy atom. The Bertz CT molecular complexity index is 561. The van der Waals surface area contributed by atoms with E-state index < -0.39 is 5.97 Å². The molecule has 84 valence electrons. The van der Waals surface area contributed by atoms with Crippen LogP contribution in [0.25, 0.3) is 5.57 Å². The van der Waals surface area contributed by atoms with Gasteiger partial charge in [-0.15, -0.1) is 0 Å². The number of aromatic nitrogens is 1. The van der Waals surface area contributed by atoms with Crippen LogP contribution in [0, 0.1) is 0 Å². The predicted molar refractivity (Wildman–Crippen MR) is 65.8 cm³/mol. The number of hydrogen-bond acceptors (Lipinski definition) is 2. The number of carboxylic acids is 1. The first kappa shape index (κ1) is 11.1. The highest BCUT2D eigenvalue weighted by Crippen LogP contribution is 2.22. The van der Waals surface area contributed by atoms with Gasteiger partial charge < -0.3 is 5.11 Å². The second kappa shape index (κ2) is 4.61. The van der Waals surface area contributed by atoms with Crippen LogP contribution in [0.4, 0.5) is 0 Å². The number of benzene rings is 1. The second-order valence-electron chi connectivity index (χ2n) is 3.55. The zero-order valence-corrected chi connectivity index (χ0v) is 9.13. The van der Waals surface area contributed by atoms with Gasteiger partial charge >= 0.3 is 5.97 Å². The Kier molecular flexibility index (Phi) is 3.01. The minimum atomic E-state index is -0.995. The van der Waals surface area contributed by atoms with E-state index in [2.05, 4.69) is 11.6 Å². The maximum Gasteiger partial charge on any atom is 0.337 e. The molecule has 0 saturated carbocycles. The van der Waals surface area contributed by atoms with Crippen LogP contribution in [-0.2, 0) is 0 Å². The smallest absolute Gasteiger partial charge is 0.337 e. The van der Waals surface area contributed by atoms with Crippen molar-refractivity contribution in [3.05, 3.63) is 72.1 Å². The fourth-order valence-corrected chi connectivity index (χ4v) is 1.59. The lowest BCUT2D eigenvalue weighted by molar-refractivity contribution is 0.0696. The van der Waals surface area contributed by atoms with E-state index in [1.54, 1.807) is 12.3 Å². The van der Waals surface area contributed by atoms with Crippen LogP contribution in [0.5, 0.6) is 0 Å². The molecular weight excluding hydrogens is 214 g/mol. The molecule has 0 aliphatic heterocycles. The summed E-state index contributed by atoms with van der Waals surface area (Å²) in [5, 5.41) is 9.08. The van der Waals surface area contributed by atoms with Gasteiger partial charge in [-0.3, -0.25) is 4.98 Å². The highest BCUT2D eigenvalue weighted by atomic mass is 16.4. The summed E-state index contributed by atoms with van der Waals surface area (Å²) in [6, 6.07) is 12.5. The van der Waals surface area contributed by atoms with Crippen molar-refractivity contribution in [2.75, 3.05) is 0 Å². The summed E-state index contributed by atoms with van der Waals surface area (Å²) in [7, 11) is 0. The van der Waals surface area contributed by atoms with Crippen LogP contribution in [0.15, 0.2) is 55.2 Å². The summed E-state index contributed by atoms with van der Waals surface area (Å²) in [6.45, 7) is 3.91. The zero-order chi connectivity index (χ0) is 12.3. The number of pyridine rings is 1. The van der Waals surface area contributed by atoms with Crippen molar-refractivity contribution in [1.82, 2.24) is 4.98 Å². The van der Waals surface area contributed by atoms with Crippen LogP contribution in [0.2, 0.25) is 0 Å². The molecule has 1 heterocycles. The van der Waals surface area contributed by atoms with Crippen LogP contribution in [0.3, 0.4) is 0 Å². The molecule has 0 bridgehead atoms. The minimum Gasteiger partial charge on any atom is -0.478 e. The van der Waals surface area contributed by atoms with Crippen molar-refractivity contribution >= 4 is 11.5 Å². The molecule has 0 saturated heterocycles. The third kappa shape index (κ3) is 2.23. The van der Waals surface area contributed by atoms with Gasteiger partial charge in [0.2, 0.25) is 0 Å². The van der Waals surface area contributed by atoms with Crippen LogP contribution >= 0.6 is 0 Å². The maximum atomic E-state index is 11.1. The Morgan fingerprint density at radius 3 is 2.47 bits per heavy atom. The number of carboxylic acid groups (broad SMARTS) is 1. The lowest BCUT2D eigenvalue weighted by Crippen LogP contribution is -2.04.